The fourth-order valence-corrected chi connectivity index (χ4v) is 4.00. The Bertz CT molecular complexity index is 995. The van der Waals surface area contributed by atoms with Gasteiger partial charge in [-0.05, 0) is 60.2 Å². The van der Waals surface area contributed by atoms with Gasteiger partial charge in [0.05, 0.1) is 6.10 Å². The van der Waals surface area contributed by atoms with Crippen LogP contribution in [-0.2, 0) is 22.4 Å². The number of fused-ring (bicyclic) bond motifs is 2. The van der Waals surface area contributed by atoms with Crippen molar-refractivity contribution in [3.63, 3.8) is 0 Å². The number of aliphatic hydroxyl groups excluding tert-OH is 1. The van der Waals surface area contributed by atoms with E-state index in [9.17, 15) is 24.9 Å². The number of carboxylic acids is 2. The van der Waals surface area contributed by atoms with E-state index in [0.29, 0.717) is 24.4 Å². The number of hydrogen-bond donors (Lipinski definition) is 4. The second kappa shape index (κ2) is 7.79. The maximum Gasteiger partial charge on any atom is 0.453 e. The largest absolute Gasteiger partial charge is 0.475 e. The first-order valence-electron chi connectivity index (χ1n) is 9.46. The number of aryl methyl sites for hydroxylation is 1. The van der Waals surface area contributed by atoms with Gasteiger partial charge >= 0.3 is 17.7 Å². The van der Waals surface area contributed by atoms with Crippen molar-refractivity contribution < 1.29 is 34.4 Å². The summed E-state index contributed by atoms with van der Waals surface area (Å²) in [4.78, 5) is 22.8. The Kier molecular flexibility index (Phi) is 5.31. The van der Waals surface area contributed by atoms with Gasteiger partial charge in [0.1, 0.15) is 0 Å². The standard InChI is InChI=1S/C21H20ClNO7/c22-14-3-1-2-12(6-14)16(24)10-23-15-5-4-11-8-17-18(9-13(11)7-15)30-21(29-17,19(25)26)20(27)28/h1-3,6,8-9,15-16,23-24H,4-5,7,10H2,(H,25,26)(H,27,28)/t15?,16-/m0/s1. The molecular formula is C21H20ClNO7. The number of nitrogens with one attached hydrogen (secondary N) is 1. The number of hydrogen-bond acceptors (Lipinski definition) is 6. The SMILES string of the molecule is O=C(O)C1(C(=O)O)Oc2cc3c(cc2O1)CC(NC[C@H](O)c1cccc(Cl)c1)CC3. The van der Waals surface area contributed by atoms with Crippen LogP contribution in [-0.4, -0.2) is 45.6 Å². The summed E-state index contributed by atoms with van der Waals surface area (Å²) in [6.07, 6.45) is 1.43. The van der Waals surface area contributed by atoms with Gasteiger partial charge in [0.15, 0.2) is 11.5 Å². The number of aliphatic carboxylic acids is 2. The first-order chi connectivity index (χ1) is 14.3. The molecule has 0 bridgehead atoms. The molecule has 2 aromatic carbocycles. The predicted molar refractivity (Wildman–Crippen MR) is 106 cm³/mol. The average Bonchev–Trinajstić information content (AvgIpc) is 3.10. The molecule has 0 saturated heterocycles. The van der Waals surface area contributed by atoms with Gasteiger partial charge in [-0.3, -0.25) is 0 Å². The molecule has 2 aromatic rings. The summed E-state index contributed by atoms with van der Waals surface area (Å²) in [7, 11) is 0. The Balaban J connectivity index is 1.44. The topological polar surface area (TPSA) is 125 Å². The van der Waals surface area contributed by atoms with Crippen LogP contribution >= 0.6 is 11.6 Å². The first-order valence-corrected chi connectivity index (χ1v) is 9.84. The molecule has 1 aliphatic heterocycles. The molecule has 0 saturated carbocycles. The van der Waals surface area contributed by atoms with Crippen molar-refractivity contribution in [1.82, 2.24) is 5.32 Å². The Morgan fingerprint density at radius 3 is 2.43 bits per heavy atom. The van der Waals surface area contributed by atoms with Crippen LogP contribution < -0.4 is 14.8 Å². The number of aliphatic hydroxyl groups is 1. The number of carboxylic acid groups (broad SMARTS) is 2. The minimum Gasteiger partial charge on any atom is -0.475 e. The maximum atomic E-state index is 11.4. The van der Waals surface area contributed by atoms with Gasteiger partial charge < -0.3 is 30.1 Å². The van der Waals surface area contributed by atoms with Crippen molar-refractivity contribution in [3.8, 4) is 11.5 Å². The van der Waals surface area contributed by atoms with Crippen molar-refractivity contribution in [1.29, 1.82) is 0 Å². The van der Waals surface area contributed by atoms with Crippen LogP contribution in [0.15, 0.2) is 36.4 Å². The third-order valence-electron chi connectivity index (χ3n) is 5.40. The highest BCUT2D eigenvalue weighted by atomic mass is 35.5. The van der Waals surface area contributed by atoms with Crippen LogP contribution in [0, 0.1) is 0 Å². The second-order valence-corrected chi connectivity index (χ2v) is 7.85. The number of carbonyl (C=O) groups is 2. The summed E-state index contributed by atoms with van der Waals surface area (Å²) < 4.78 is 10.4. The highest BCUT2D eigenvalue weighted by Gasteiger charge is 2.57. The first kappa shape index (κ1) is 20.5. The van der Waals surface area contributed by atoms with Gasteiger partial charge in [0.2, 0.25) is 0 Å². The summed E-state index contributed by atoms with van der Waals surface area (Å²) >= 11 is 5.97. The third kappa shape index (κ3) is 3.69. The molecule has 4 rings (SSSR count). The van der Waals surface area contributed by atoms with Crippen molar-refractivity contribution in [2.45, 2.75) is 37.2 Å². The molecular weight excluding hydrogens is 414 g/mol. The lowest BCUT2D eigenvalue weighted by atomic mass is 9.87. The molecule has 0 fully saturated rings. The summed E-state index contributed by atoms with van der Waals surface area (Å²) in [6.45, 7) is 0.353. The second-order valence-electron chi connectivity index (χ2n) is 7.42. The highest BCUT2D eigenvalue weighted by Crippen LogP contribution is 2.43. The van der Waals surface area contributed by atoms with Gasteiger partial charge in [-0.2, -0.15) is 0 Å². The lowest BCUT2D eigenvalue weighted by Gasteiger charge is -2.27. The van der Waals surface area contributed by atoms with Crippen molar-refractivity contribution >= 4 is 23.5 Å². The van der Waals surface area contributed by atoms with Crippen LogP contribution in [0.5, 0.6) is 11.5 Å². The van der Waals surface area contributed by atoms with Gasteiger partial charge in [-0.15, -0.1) is 0 Å². The zero-order valence-corrected chi connectivity index (χ0v) is 16.6. The predicted octanol–water partition coefficient (Wildman–Crippen LogP) is 2.16. The molecule has 2 aliphatic rings. The fourth-order valence-electron chi connectivity index (χ4n) is 3.80. The van der Waals surface area contributed by atoms with E-state index in [1.807, 2.05) is 6.07 Å². The molecule has 0 radical (unpaired) electrons. The maximum absolute atomic E-state index is 11.4. The third-order valence-corrected chi connectivity index (χ3v) is 5.63. The monoisotopic (exact) mass is 433 g/mol. The van der Waals surface area contributed by atoms with Crippen molar-refractivity contribution in [2.24, 2.45) is 0 Å². The van der Waals surface area contributed by atoms with E-state index in [-0.39, 0.29) is 17.5 Å². The minimum absolute atomic E-state index is 0.0930. The van der Waals surface area contributed by atoms with E-state index in [1.54, 1.807) is 30.3 Å². The normalized spacial score (nSPS) is 19.7. The molecule has 8 nitrogen and oxygen atoms in total. The number of ether oxygens (including phenoxy) is 2. The Morgan fingerprint density at radius 2 is 1.80 bits per heavy atom. The molecule has 0 aromatic heterocycles. The van der Waals surface area contributed by atoms with Crippen LogP contribution in [0.2, 0.25) is 5.02 Å². The number of benzene rings is 2. The average molecular weight is 434 g/mol. The molecule has 9 heteroatoms. The summed E-state index contributed by atoms with van der Waals surface area (Å²) in [5, 5.41) is 32.8. The van der Waals surface area contributed by atoms with Gasteiger partial charge in [0.25, 0.3) is 0 Å². The Morgan fingerprint density at radius 1 is 1.13 bits per heavy atom. The lowest BCUT2D eigenvalue weighted by Crippen LogP contribution is -2.54. The molecule has 1 unspecified atom stereocenters. The van der Waals surface area contributed by atoms with Gasteiger partial charge in [-0.1, -0.05) is 23.7 Å². The number of rotatable bonds is 6. The summed E-state index contributed by atoms with van der Waals surface area (Å²) in [5.41, 5.74) is 2.61. The molecule has 1 heterocycles. The van der Waals surface area contributed by atoms with Crippen LogP contribution in [0.3, 0.4) is 0 Å². The van der Waals surface area contributed by atoms with Crippen LogP contribution in [0.1, 0.15) is 29.2 Å². The molecule has 30 heavy (non-hydrogen) atoms. The Hall–Kier alpha value is -2.81. The number of halogens is 1. The van der Waals surface area contributed by atoms with Crippen LogP contribution in [0.4, 0.5) is 0 Å². The van der Waals surface area contributed by atoms with Gasteiger partial charge in [-0.25, -0.2) is 9.59 Å². The smallest absolute Gasteiger partial charge is 0.453 e. The summed E-state index contributed by atoms with van der Waals surface area (Å²) in [5.74, 6) is -6.00. The molecule has 158 valence electrons. The minimum atomic E-state index is -2.76. The van der Waals surface area contributed by atoms with E-state index < -0.39 is 23.8 Å². The van der Waals surface area contributed by atoms with Gasteiger partial charge in [0, 0.05) is 17.6 Å². The molecule has 2 atom stereocenters. The van der Waals surface area contributed by atoms with Crippen molar-refractivity contribution in [2.75, 3.05) is 6.54 Å². The summed E-state index contributed by atoms with van der Waals surface area (Å²) in [6, 6.07) is 10.4. The van der Waals surface area contributed by atoms with E-state index in [0.717, 1.165) is 23.1 Å². The van der Waals surface area contributed by atoms with E-state index in [2.05, 4.69) is 5.32 Å². The quantitative estimate of drug-likeness (QED) is 0.511. The zero-order valence-electron chi connectivity index (χ0n) is 15.8. The molecule has 4 N–H and O–H groups in total. The highest BCUT2D eigenvalue weighted by molar-refractivity contribution is 6.30. The molecule has 0 amide bonds. The molecule has 0 spiro atoms. The zero-order chi connectivity index (χ0) is 21.5. The van der Waals surface area contributed by atoms with Crippen molar-refractivity contribution in [3.05, 3.63) is 58.1 Å². The van der Waals surface area contributed by atoms with E-state index >= 15 is 0 Å². The van der Waals surface area contributed by atoms with E-state index in [1.165, 1.54) is 0 Å². The lowest BCUT2D eigenvalue weighted by molar-refractivity contribution is -0.194. The molecule has 1 aliphatic carbocycles. The van der Waals surface area contributed by atoms with E-state index in [4.69, 9.17) is 21.1 Å². The van der Waals surface area contributed by atoms with Crippen LogP contribution in [0.25, 0.3) is 0 Å². The Labute approximate surface area is 177 Å². The fraction of sp³-hybridized carbons (Fsp3) is 0.333.